The normalized spacial score (nSPS) is 28.3. The lowest BCUT2D eigenvalue weighted by Crippen LogP contribution is -2.20. The third kappa shape index (κ3) is 4.75. The van der Waals surface area contributed by atoms with Gasteiger partial charge in [0.2, 0.25) is 0 Å². The van der Waals surface area contributed by atoms with Gasteiger partial charge >= 0.3 is 6.18 Å². The van der Waals surface area contributed by atoms with E-state index in [4.69, 9.17) is 11.6 Å². The summed E-state index contributed by atoms with van der Waals surface area (Å²) in [6, 6.07) is 0. The minimum Gasteiger partial charge on any atom is -0.372 e. The Hall–Kier alpha value is 0.390. The van der Waals surface area contributed by atoms with Crippen LogP contribution >= 0.6 is 23.4 Å². The van der Waals surface area contributed by atoms with E-state index >= 15 is 0 Å². The van der Waals surface area contributed by atoms with Crippen LogP contribution in [0, 0.1) is 5.92 Å². The van der Waals surface area contributed by atoms with Gasteiger partial charge in [-0.25, -0.2) is 0 Å². The number of halogens is 4. The second-order valence-corrected chi connectivity index (χ2v) is 4.91. The van der Waals surface area contributed by atoms with Crippen molar-refractivity contribution in [3.05, 3.63) is 0 Å². The van der Waals surface area contributed by atoms with Crippen LogP contribution in [0.3, 0.4) is 0 Å². The molecule has 1 aliphatic rings. The van der Waals surface area contributed by atoms with Crippen molar-refractivity contribution in [3.63, 3.8) is 0 Å². The summed E-state index contributed by atoms with van der Waals surface area (Å²) in [6.07, 6.45) is -3.60. The molecule has 0 amide bonds. The van der Waals surface area contributed by atoms with E-state index in [0.29, 0.717) is 12.3 Å². The Morgan fingerprint density at radius 1 is 1.36 bits per heavy atom. The van der Waals surface area contributed by atoms with Gasteiger partial charge in [-0.2, -0.15) is 24.9 Å². The molecule has 1 nitrogen and oxygen atoms in total. The second kappa shape index (κ2) is 5.47. The monoisotopic (exact) mass is 248 g/mol. The third-order valence-electron chi connectivity index (χ3n) is 2.02. The van der Waals surface area contributed by atoms with Gasteiger partial charge in [0.05, 0.1) is 0 Å². The van der Waals surface area contributed by atoms with Crippen LogP contribution in [0.2, 0.25) is 0 Å². The largest absolute Gasteiger partial charge is 0.411 e. The van der Waals surface area contributed by atoms with Gasteiger partial charge < -0.3 is 4.74 Å². The molecule has 0 aromatic heterocycles. The molecule has 1 aliphatic heterocycles. The molecule has 1 heterocycles. The minimum absolute atomic E-state index is 0.0921. The summed E-state index contributed by atoms with van der Waals surface area (Å²) >= 11 is 7.69. The molecule has 2 atom stereocenters. The summed E-state index contributed by atoms with van der Waals surface area (Å²) in [6.45, 7) is -1.01. The number of ether oxygens (including phenoxy) is 1. The smallest absolute Gasteiger partial charge is 0.372 e. The molecule has 0 aromatic carbocycles. The van der Waals surface area contributed by atoms with Crippen LogP contribution in [0.15, 0.2) is 0 Å². The lowest BCUT2D eigenvalue weighted by atomic mass is 10.1. The van der Waals surface area contributed by atoms with E-state index in [1.165, 1.54) is 0 Å². The summed E-state index contributed by atoms with van der Waals surface area (Å²) in [4.78, 5) is 0. The molecule has 14 heavy (non-hydrogen) atoms. The highest BCUT2D eigenvalue weighted by atomic mass is 35.5. The molecule has 1 rings (SSSR count). The van der Waals surface area contributed by atoms with E-state index in [9.17, 15) is 13.2 Å². The predicted octanol–water partition coefficient (Wildman–Crippen LogP) is 2.93. The van der Waals surface area contributed by atoms with Crippen LogP contribution in [0.1, 0.15) is 6.42 Å². The number of hydrogen-bond acceptors (Lipinski definition) is 2. The van der Waals surface area contributed by atoms with Gasteiger partial charge in [-0.3, -0.25) is 0 Å². The van der Waals surface area contributed by atoms with Crippen LogP contribution in [0.25, 0.3) is 0 Å². The quantitative estimate of drug-likeness (QED) is 0.559. The Kier molecular flexibility index (Phi) is 4.87. The Bertz CT molecular complexity index is 176. The van der Waals surface area contributed by atoms with Gasteiger partial charge in [0.25, 0.3) is 0 Å². The zero-order chi connectivity index (χ0) is 10.6. The van der Waals surface area contributed by atoms with Gasteiger partial charge in [0.15, 0.2) is 0 Å². The molecule has 0 spiro atoms. The number of thioether (sulfide) groups is 1. The average molecular weight is 249 g/mol. The zero-order valence-corrected chi connectivity index (χ0v) is 9.09. The van der Waals surface area contributed by atoms with Crippen molar-refractivity contribution in [2.45, 2.75) is 18.0 Å². The van der Waals surface area contributed by atoms with Gasteiger partial charge in [-0.15, -0.1) is 11.6 Å². The van der Waals surface area contributed by atoms with Crippen LogP contribution in [-0.4, -0.2) is 36.3 Å². The van der Waals surface area contributed by atoms with E-state index < -0.39 is 12.8 Å². The van der Waals surface area contributed by atoms with E-state index in [0.717, 1.165) is 11.5 Å². The van der Waals surface area contributed by atoms with Crippen LogP contribution in [-0.2, 0) is 4.74 Å². The fourth-order valence-electron chi connectivity index (χ4n) is 1.26. The molecule has 1 saturated heterocycles. The molecule has 0 saturated carbocycles. The van der Waals surface area contributed by atoms with Gasteiger partial charge in [-0.1, -0.05) is 0 Å². The first kappa shape index (κ1) is 12.5. The standard InChI is InChI=1S/C8H12ClF3OS/c9-7-4-14-3-6(7)1-2-13-5-8(10,11)12/h6-7H,1-5H2. The molecular formula is C8H12ClF3OS. The topological polar surface area (TPSA) is 9.23 Å². The molecule has 1 fully saturated rings. The van der Waals surface area contributed by atoms with Crippen LogP contribution < -0.4 is 0 Å². The minimum atomic E-state index is -4.22. The maximum Gasteiger partial charge on any atom is 0.411 e. The first-order valence-corrected chi connectivity index (χ1v) is 5.94. The molecular weight excluding hydrogens is 237 g/mol. The first-order valence-electron chi connectivity index (χ1n) is 4.35. The van der Waals surface area contributed by atoms with Crippen molar-refractivity contribution in [2.75, 3.05) is 24.7 Å². The van der Waals surface area contributed by atoms with Crippen molar-refractivity contribution < 1.29 is 17.9 Å². The van der Waals surface area contributed by atoms with Crippen molar-refractivity contribution in [1.29, 1.82) is 0 Å². The van der Waals surface area contributed by atoms with Crippen LogP contribution in [0.5, 0.6) is 0 Å². The highest BCUT2D eigenvalue weighted by molar-refractivity contribution is 7.99. The molecule has 0 radical (unpaired) electrons. The van der Waals surface area contributed by atoms with Gasteiger partial charge in [-0.05, 0) is 18.1 Å². The molecule has 0 bridgehead atoms. The van der Waals surface area contributed by atoms with E-state index in [-0.39, 0.29) is 12.0 Å². The SMILES string of the molecule is FC(F)(F)COCCC1CSCC1Cl. The Balaban J connectivity index is 2.04. The zero-order valence-electron chi connectivity index (χ0n) is 7.52. The van der Waals surface area contributed by atoms with Crippen molar-refractivity contribution >= 4 is 23.4 Å². The number of hydrogen-bond donors (Lipinski definition) is 0. The predicted molar refractivity (Wildman–Crippen MR) is 51.9 cm³/mol. The van der Waals surface area contributed by atoms with Gasteiger partial charge in [0.1, 0.15) is 6.61 Å². The highest BCUT2D eigenvalue weighted by Gasteiger charge is 2.29. The van der Waals surface area contributed by atoms with E-state index in [1.54, 1.807) is 11.8 Å². The Morgan fingerprint density at radius 3 is 2.57 bits per heavy atom. The van der Waals surface area contributed by atoms with E-state index in [2.05, 4.69) is 4.74 Å². The summed E-state index contributed by atoms with van der Waals surface area (Å²) < 4.78 is 39.5. The molecule has 2 unspecified atom stereocenters. The Morgan fingerprint density at radius 2 is 2.07 bits per heavy atom. The number of rotatable bonds is 4. The molecule has 84 valence electrons. The first-order chi connectivity index (χ1) is 6.49. The lowest BCUT2D eigenvalue weighted by Gasteiger charge is -2.13. The Labute approximate surface area is 90.3 Å². The highest BCUT2D eigenvalue weighted by Crippen LogP contribution is 2.30. The fraction of sp³-hybridized carbons (Fsp3) is 1.00. The molecule has 6 heteroatoms. The molecule has 0 aliphatic carbocycles. The number of alkyl halides is 4. The van der Waals surface area contributed by atoms with Crippen molar-refractivity contribution in [2.24, 2.45) is 5.92 Å². The van der Waals surface area contributed by atoms with Crippen molar-refractivity contribution in [3.8, 4) is 0 Å². The second-order valence-electron chi connectivity index (χ2n) is 3.27. The summed E-state index contributed by atoms with van der Waals surface area (Å²) in [5.41, 5.74) is 0. The summed E-state index contributed by atoms with van der Waals surface area (Å²) in [7, 11) is 0. The van der Waals surface area contributed by atoms with E-state index in [1.807, 2.05) is 0 Å². The van der Waals surface area contributed by atoms with Crippen molar-refractivity contribution in [1.82, 2.24) is 0 Å². The maximum atomic E-state index is 11.7. The molecule has 0 N–H and O–H groups in total. The van der Waals surface area contributed by atoms with Gasteiger partial charge in [0, 0.05) is 17.7 Å². The maximum absolute atomic E-state index is 11.7. The lowest BCUT2D eigenvalue weighted by molar-refractivity contribution is -0.174. The third-order valence-corrected chi connectivity index (χ3v) is 3.97. The summed E-state index contributed by atoms with van der Waals surface area (Å²) in [5.74, 6) is 2.13. The van der Waals surface area contributed by atoms with Crippen LogP contribution in [0.4, 0.5) is 13.2 Å². The fourth-order valence-corrected chi connectivity index (χ4v) is 3.18. The average Bonchev–Trinajstić information content (AvgIpc) is 2.44. The summed E-state index contributed by atoms with van der Waals surface area (Å²) in [5, 5.41) is 0.0921. The molecule has 0 aromatic rings.